The van der Waals surface area contributed by atoms with Crippen LogP contribution >= 0.6 is 0 Å². The fourth-order valence-electron chi connectivity index (χ4n) is 2.36. The molecule has 1 aromatic carbocycles. The average Bonchev–Trinajstić information content (AvgIpc) is 2.87. The number of aromatic nitrogens is 2. The number of carbonyl (C=O) groups is 1. The molecule has 0 spiro atoms. The SMILES string of the molecule is Cc1ccc(O)cc1NC(=O)c1n[nH]c2c1CCNC2. The molecule has 2 aromatic rings. The second kappa shape index (κ2) is 4.97. The first-order valence-electron chi connectivity index (χ1n) is 6.53. The topological polar surface area (TPSA) is 90.0 Å². The number of rotatable bonds is 2. The summed E-state index contributed by atoms with van der Waals surface area (Å²) in [4.78, 5) is 12.3. The largest absolute Gasteiger partial charge is 0.508 e. The molecule has 0 fully saturated rings. The monoisotopic (exact) mass is 272 g/mol. The number of hydrogen-bond donors (Lipinski definition) is 4. The molecular weight excluding hydrogens is 256 g/mol. The standard InChI is InChI=1S/C14H16N4O2/c1-8-2-3-9(19)6-11(8)16-14(20)13-10-4-5-15-7-12(10)17-18-13/h2-3,6,15,19H,4-5,7H2,1H3,(H,16,20)(H,17,18). The van der Waals surface area contributed by atoms with Crippen molar-refractivity contribution in [2.45, 2.75) is 19.9 Å². The number of nitrogens with zero attached hydrogens (tertiary/aromatic N) is 1. The second-order valence-electron chi connectivity index (χ2n) is 4.91. The summed E-state index contributed by atoms with van der Waals surface area (Å²) >= 11 is 0. The van der Waals surface area contributed by atoms with Crippen molar-refractivity contribution in [1.82, 2.24) is 15.5 Å². The molecule has 1 amide bonds. The first kappa shape index (κ1) is 12.7. The van der Waals surface area contributed by atoms with Gasteiger partial charge in [-0.2, -0.15) is 5.10 Å². The number of phenolic OH excluding ortho intramolecular Hbond substituents is 1. The number of phenols is 1. The van der Waals surface area contributed by atoms with Crippen molar-refractivity contribution in [3.63, 3.8) is 0 Å². The predicted octanol–water partition coefficient (Wildman–Crippen LogP) is 1.32. The molecule has 0 aliphatic carbocycles. The van der Waals surface area contributed by atoms with E-state index in [2.05, 4.69) is 20.8 Å². The number of benzene rings is 1. The molecule has 4 N–H and O–H groups in total. The minimum atomic E-state index is -0.252. The highest BCUT2D eigenvalue weighted by Crippen LogP contribution is 2.22. The van der Waals surface area contributed by atoms with E-state index in [0.29, 0.717) is 17.9 Å². The number of H-pyrrole nitrogens is 1. The highest BCUT2D eigenvalue weighted by molar-refractivity contribution is 6.04. The summed E-state index contributed by atoms with van der Waals surface area (Å²) in [6.45, 7) is 3.43. The number of hydrogen-bond acceptors (Lipinski definition) is 4. The number of anilines is 1. The van der Waals surface area contributed by atoms with Gasteiger partial charge in [0.05, 0.1) is 5.69 Å². The summed E-state index contributed by atoms with van der Waals surface area (Å²) in [5, 5.41) is 22.5. The molecule has 1 aliphatic heterocycles. The lowest BCUT2D eigenvalue weighted by molar-refractivity contribution is 0.102. The van der Waals surface area contributed by atoms with Crippen molar-refractivity contribution in [3.8, 4) is 5.75 Å². The van der Waals surface area contributed by atoms with E-state index in [1.54, 1.807) is 12.1 Å². The van der Waals surface area contributed by atoms with E-state index in [1.807, 2.05) is 6.92 Å². The van der Waals surface area contributed by atoms with Crippen LogP contribution in [0.15, 0.2) is 18.2 Å². The molecule has 0 saturated heterocycles. The Morgan fingerprint density at radius 3 is 3.15 bits per heavy atom. The van der Waals surface area contributed by atoms with Crippen LogP contribution in [0.25, 0.3) is 0 Å². The third kappa shape index (κ3) is 2.25. The Labute approximate surface area is 116 Å². The predicted molar refractivity (Wildman–Crippen MR) is 74.8 cm³/mol. The van der Waals surface area contributed by atoms with Crippen molar-refractivity contribution >= 4 is 11.6 Å². The van der Waals surface area contributed by atoms with Crippen molar-refractivity contribution in [1.29, 1.82) is 0 Å². The van der Waals surface area contributed by atoms with Gasteiger partial charge < -0.3 is 15.7 Å². The summed E-state index contributed by atoms with van der Waals surface area (Å²) in [6.07, 6.45) is 0.785. The maximum absolute atomic E-state index is 12.3. The second-order valence-corrected chi connectivity index (χ2v) is 4.91. The number of aromatic hydroxyl groups is 1. The van der Waals surface area contributed by atoms with E-state index in [0.717, 1.165) is 29.8 Å². The molecule has 3 rings (SSSR count). The summed E-state index contributed by atoms with van der Waals surface area (Å²) in [7, 11) is 0. The molecule has 6 nitrogen and oxygen atoms in total. The lowest BCUT2D eigenvalue weighted by Crippen LogP contribution is -2.25. The smallest absolute Gasteiger partial charge is 0.276 e. The number of fused-ring (bicyclic) bond motifs is 1. The van der Waals surface area contributed by atoms with Gasteiger partial charge in [0.1, 0.15) is 5.75 Å². The van der Waals surface area contributed by atoms with Crippen LogP contribution in [0.2, 0.25) is 0 Å². The number of nitrogens with one attached hydrogen (secondary N) is 3. The average molecular weight is 272 g/mol. The quantitative estimate of drug-likeness (QED) is 0.663. The molecule has 1 aromatic heterocycles. The number of aryl methyl sites for hydroxylation is 1. The highest BCUT2D eigenvalue weighted by Gasteiger charge is 2.21. The minimum absolute atomic E-state index is 0.124. The summed E-state index contributed by atoms with van der Waals surface area (Å²) in [6, 6.07) is 4.88. The summed E-state index contributed by atoms with van der Waals surface area (Å²) in [5.74, 6) is -0.128. The van der Waals surface area contributed by atoms with Gasteiger partial charge in [0, 0.05) is 23.9 Å². The minimum Gasteiger partial charge on any atom is -0.508 e. The van der Waals surface area contributed by atoms with Gasteiger partial charge in [-0.05, 0) is 31.5 Å². The third-order valence-corrected chi connectivity index (χ3v) is 3.49. The Bertz CT molecular complexity index is 663. The summed E-state index contributed by atoms with van der Waals surface area (Å²) in [5.41, 5.74) is 3.86. The highest BCUT2D eigenvalue weighted by atomic mass is 16.3. The van der Waals surface area contributed by atoms with Gasteiger partial charge in [-0.3, -0.25) is 9.89 Å². The molecule has 0 atom stereocenters. The zero-order chi connectivity index (χ0) is 14.1. The fourth-order valence-corrected chi connectivity index (χ4v) is 2.36. The van der Waals surface area contributed by atoms with Crippen molar-refractivity contribution < 1.29 is 9.90 Å². The van der Waals surface area contributed by atoms with E-state index in [4.69, 9.17) is 0 Å². The van der Waals surface area contributed by atoms with E-state index in [-0.39, 0.29) is 11.7 Å². The zero-order valence-electron chi connectivity index (χ0n) is 11.2. The van der Waals surface area contributed by atoms with E-state index < -0.39 is 0 Å². The molecule has 0 bridgehead atoms. The molecule has 1 aliphatic rings. The summed E-state index contributed by atoms with van der Waals surface area (Å²) < 4.78 is 0. The molecule has 104 valence electrons. The number of carbonyl (C=O) groups excluding carboxylic acids is 1. The molecule has 0 radical (unpaired) electrons. The fraction of sp³-hybridized carbons (Fsp3) is 0.286. The first-order valence-corrected chi connectivity index (χ1v) is 6.53. The van der Waals surface area contributed by atoms with Crippen molar-refractivity contribution in [3.05, 3.63) is 40.7 Å². The molecule has 2 heterocycles. The Morgan fingerprint density at radius 1 is 1.45 bits per heavy atom. The van der Waals surface area contributed by atoms with Crippen LogP contribution in [0.1, 0.15) is 27.3 Å². The Kier molecular flexibility index (Phi) is 3.15. The van der Waals surface area contributed by atoms with Crippen LogP contribution in [0.4, 0.5) is 5.69 Å². The van der Waals surface area contributed by atoms with Crippen LogP contribution in [0, 0.1) is 6.92 Å². The molecule has 0 unspecified atom stereocenters. The van der Waals surface area contributed by atoms with Gasteiger partial charge in [0.15, 0.2) is 5.69 Å². The molecule has 0 saturated carbocycles. The molecular formula is C14H16N4O2. The van der Waals surface area contributed by atoms with Gasteiger partial charge in [-0.15, -0.1) is 0 Å². The van der Waals surface area contributed by atoms with E-state index in [1.165, 1.54) is 6.07 Å². The maximum atomic E-state index is 12.3. The first-order chi connectivity index (χ1) is 9.65. The van der Waals surface area contributed by atoms with Crippen LogP contribution < -0.4 is 10.6 Å². The van der Waals surface area contributed by atoms with Crippen molar-refractivity contribution in [2.24, 2.45) is 0 Å². The Balaban J connectivity index is 1.86. The number of aromatic amines is 1. The Morgan fingerprint density at radius 2 is 2.30 bits per heavy atom. The van der Waals surface area contributed by atoms with E-state index in [9.17, 15) is 9.90 Å². The van der Waals surface area contributed by atoms with Crippen LogP contribution in [0.3, 0.4) is 0 Å². The lowest BCUT2D eigenvalue weighted by atomic mass is 10.1. The van der Waals surface area contributed by atoms with Gasteiger partial charge in [0.2, 0.25) is 0 Å². The van der Waals surface area contributed by atoms with Crippen LogP contribution in [0.5, 0.6) is 5.75 Å². The lowest BCUT2D eigenvalue weighted by Gasteiger charge is -2.13. The van der Waals surface area contributed by atoms with Crippen LogP contribution in [-0.2, 0) is 13.0 Å². The van der Waals surface area contributed by atoms with Gasteiger partial charge in [-0.25, -0.2) is 0 Å². The maximum Gasteiger partial charge on any atom is 0.276 e. The van der Waals surface area contributed by atoms with Crippen LogP contribution in [-0.4, -0.2) is 27.8 Å². The van der Waals surface area contributed by atoms with E-state index >= 15 is 0 Å². The molecule has 20 heavy (non-hydrogen) atoms. The zero-order valence-corrected chi connectivity index (χ0v) is 11.2. The van der Waals surface area contributed by atoms with Gasteiger partial charge in [0.25, 0.3) is 5.91 Å². The molecule has 6 heteroatoms. The van der Waals surface area contributed by atoms with Gasteiger partial charge in [-0.1, -0.05) is 6.07 Å². The normalized spacial score (nSPS) is 13.8. The Hall–Kier alpha value is -2.34. The number of amides is 1. The van der Waals surface area contributed by atoms with Gasteiger partial charge >= 0.3 is 0 Å². The third-order valence-electron chi connectivity index (χ3n) is 3.49. The van der Waals surface area contributed by atoms with Crippen molar-refractivity contribution in [2.75, 3.05) is 11.9 Å².